The minimum Gasteiger partial charge on any atom is -0.457 e. The van der Waals surface area contributed by atoms with Gasteiger partial charge in [-0.3, -0.25) is 0 Å². The lowest BCUT2D eigenvalue weighted by Gasteiger charge is -2.52. The van der Waals surface area contributed by atoms with Crippen molar-refractivity contribution in [2.45, 2.75) is 140 Å². The van der Waals surface area contributed by atoms with Crippen molar-refractivity contribution in [3.05, 3.63) is 58.7 Å². The Morgan fingerprint density at radius 3 is 1.53 bits per heavy atom. The predicted octanol–water partition coefficient (Wildman–Crippen LogP) is 8.56. The monoisotopic (exact) mass is 578 g/mol. The molecule has 0 radical (unpaired) electrons. The minimum atomic E-state index is -0.832. The van der Waals surface area contributed by atoms with Gasteiger partial charge in [-0.1, -0.05) is 50.7 Å². The molecule has 0 aliphatic heterocycles. The van der Waals surface area contributed by atoms with Crippen LogP contribution in [-0.2, 0) is 23.7 Å². The number of aryl methyl sites for hydroxylation is 2. The van der Waals surface area contributed by atoms with Crippen molar-refractivity contribution in [3.63, 3.8) is 0 Å². The van der Waals surface area contributed by atoms with E-state index in [2.05, 4.69) is 73.9 Å². The molecule has 6 rings (SSSR count). The van der Waals surface area contributed by atoms with Crippen LogP contribution in [-0.4, -0.2) is 21.4 Å². The lowest BCUT2D eigenvalue weighted by Crippen LogP contribution is -2.49. The van der Waals surface area contributed by atoms with E-state index < -0.39 is 11.2 Å². The average Bonchev–Trinajstić information content (AvgIpc) is 2.98. The fourth-order valence-electron chi connectivity index (χ4n) is 10.1. The smallest absolute Gasteiger partial charge is 0.127 e. The molecule has 2 N–H and O–H groups in total. The van der Waals surface area contributed by atoms with Crippen LogP contribution in [0.15, 0.2) is 36.4 Å². The zero-order valence-corrected chi connectivity index (χ0v) is 26.8. The molecule has 0 bridgehead atoms. The van der Waals surface area contributed by atoms with E-state index in [1.165, 1.54) is 22.3 Å². The molecule has 2 fully saturated rings. The molecule has 43 heavy (non-hydrogen) atoms. The molecular weight excluding hydrogens is 528 g/mol. The molecule has 0 spiro atoms. The van der Waals surface area contributed by atoms with E-state index in [0.29, 0.717) is 11.8 Å². The average molecular weight is 579 g/mol. The van der Waals surface area contributed by atoms with Crippen molar-refractivity contribution >= 4 is 0 Å². The molecular formula is C40H50O3. The standard InChI is InChI=1S/C40H50O3/c1-5-17-37(41)21-23-39(19-7-3)31(27-37)11-9-29-25-33(13-15-35(29)39)43-34-14-16-36-30(26-34)10-12-32-28-38(42,18-6-2)22-24-40(32,36)20-8-4/h13-16,25-26,31-32,41-42H,7-12,19-24,27-28H2,1-4H3. The Hall–Kier alpha value is -2.72. The Morgan fingerprint density at radius 2 is 1.14 bits per heavy atom. The van der Waals surface area contributed by atoms with Crippen LogP contribution in [0.4, 0.5) is 0 Å². The number of aliphatic hydroxyl groups is 2. The van der Waals surface area contributed by atoms with Gasteiger partial charge in [0.05, 0.1) is 0 Å². The molecule has 6 atom stereocenters. The van der Waals surface area contributed by atoms with Crippen molar-refractivity contribution in [3.8, 4) is 35.2 Å². The normalized spacial score (nSPS) is 34.2. The molecule has 3 nitrogen and oxygen atoms in total. The predicted molar refractivity (Wildman–Crippen MR) is 174 cm³/mol. The summed E-state index contributed by atoms with van der Waals surface area (Å²) in [5.41, 5.74) is 4.40. The summed E-state index contributed by atoms with van der Waals surface area (Å²) in [5, 5.41) is 22.4. The zero-order valence-electron chi connectivity index (χ0n) is 26.8. The lowest BCUT2D eigenvalue weighted by atomic mass is 9.53. The molecule has 0 aromatic heterocycles. The summed E-state index contributed by atoms with van der Waals surface area (Å²) in [6.07, 6.45) is 13.9. The van der Waals surface area contributed by atoms with Crippen LogP contribution in [0, 0.1) is 35.5 Å². The fraction of sp³-hybridized carbons (Fsp3) is 0.600. The Bertz CT molecular complexity index is 1370. The number of fused-ring (bicyclic) bond motifs is 6. The van der Waals surface area contributed by atoms with Crippen LogP contribution in [0.3, 0.4) is 0 Å². The van der Waals surface area contributed by atoms with Gasteiger partial charge < -0.3 is 14.9 Å². The maximum absolute atomic E-state index is 11.2. The van der Waals surface area contributed by atoms with Gasteiger partial charge >= 0.3 is 0 Å². The maximum atomic E-state index is 11.2. The second-order valence-corrected chi connectivity index (χ2v) is 14.2. The molecule has 0 saturated heterocycles. The molecule has 3 heteroatoms. The number of benzene rings is 2. The highest BCUT2D eigenvalue weighted by atomic mass is 16.5. The third kappa shape index (κ3) is 5.32. The highest BCUT2D eigenvalue weighted by Crippen LogP contribution is 2.57. The quantitative estimate of drug-likeness (QED) is 0.338. The zero-order chi connectivity index (χ0) is 30.3. The Balaban J connectivity index is 1.25. The molecule has 0 amide bonds. The topological polar surface area (TPSA) is 49.7 Å². The Labute approximate surface area is 259 Å². The lowest BCUT2D eigenvalue weighted by molar-refractivity contribution is -0.0111. The first kappa shape index (κ1) is 30.3. The number of hydrogen-bond donors (Lipinski definition) is 2. The van der Waals surface area contributed by atoms with Gasteiger partial charge in [0.15, 0.2) is 0 Å². The first-order valence-electron chi connectivity index (χ1n) is 17.0. The first-order chi connectivity index (χ1) is 20.7. The SMILES string of the molecule is CC#CC1(O)CCC2(CCC)c3ccc(Oc4ccc5c(c4)CCC4CC(O)(C#CC)CCC54CCC)cc3CCC2C1. The van der Waals surface area contributed by atoms with Gasteiger partial charge in [0.1, 0.15) is 22.7 Å². The summed E-state index contributed by atoms with van der Waals surface area (Å²) in [7, 11) is 0. The van der Waals surface area contributed by atoms with E-state index >= 15 is 0 Å². The second-order valence-electron chi connectivity index (χ2n) is 14.2. The van der Waals surface area contributed by atoms with Gasteiger partial charge in [-0.05, 0) is 160 Å². The van der Waals surface area contributed by atoms with E-state index in [1.54, 1.807) is 0 Å². The highest BCUT2D eigenvalue weighted by molar-refractivity contribution is 5.48. The van der Waals surface area contributed by atoms with Crippen LogP contribution in [0.25, 0.3) is 0 Å². The highest BCUT2D eigenvalue weighted by Gasteiger charge is 2.52. The van der Waals surface area contributed by atoms with Crippen LogP contribution in [0.1, 0.15) is 127 Å². The third-order valence-electron chi connectivity index (χ3n) is 11.8. The molecule has 2 aromatic rings. The van der Waals surface area contributed by atoms with Crippen molar-refractivity contribution in [2.75, 3.05) is 0 Å². The first-order valence-corrected chi connectivity index (χ1v) is 17.0. The van der Waals surface area contributed by atoms with Crippen LogP contribution < -0.4 is 4.74 Å². The van der Waals surface area contributed by atoms with Crippen LogP contribution >= 0.6 is 0 Å². The fourth-order valence-corrected chi connectivity index (χ4v) is 10.1. The molecule has 2 saturated carbocycles. The van der Waals surface area contributed by atoms with Gasteiger partial charge in [-0.15, -0.1) is 11.8 Å². The van der Waals surface area contributed by atoms with E-state index in [1.807, 2.05) is 13.8 Å². The van der Waals surface area contributed by atoms with E-state index in [0.717, 1.165) is 101 Å². The van der Waals surface area contributed by atoms with Crippen molar-refractivity contribution in [2.24, 2.45) is 11.8 Å². The van der Waals surface area contributed by atoms with Crippen LogP contribution in [0.5, 0.6) is 11.5 Å². The summed E-state index contributed by atoms with van der Waals surface area (Å²) in [5.74, 6) is 15.0. The second kappa shape index (κ2) is 11.7. The molecule has 4 aliphatic carbocycles. The van der Waals surface area contributed by atoms with Crippen molar-refractivity contribution in [1.82, 2.24) is 0 Å². The van der Waals surface area contributed by atoms with Gasteiger partial charge in [0.2, 0.25) is 0 Å². The summed E-state index contributed by atoms with van der Waals surface area (Å²) in [6.45, 7) is 8.26. The number of hydrogen-bond acceptors (Lipinski definition) is 3. The van der Waals surface area contributed by atoms with Gasteiger partial charge in [0.25, 0.3) is 0 Å². The summed E-state index contributed by atoms with van der Waals surface area (Å²) < 4.78 is 6.58. The number of ether oxygens (including phenoxy) is 1. The minimum absolute atomic E-state index is 0.132. The summed E-state index contributed by atoms with van der Waals surface area (Å²) in [6, 6.07) is 13.6. The molecule has 4 aliphatic rings. The maximum Gasteiger partial charge on any atom is 0.127 e. The van der Waals surface area contributed by atoms with Crippen LogP contribution in [0.2, 0.25) is 0 Å². The van der Waals surface area contributed by atoms with Crippen molar-refractivity contribution < 1.29 is 14.9 Å². The molecule has 2 aromatic carbocycles. The van der Waals surface area contributed by atoms with E-state index in [9.17, 15) is 10.2 Å². The van der Waals surface area contributed by atoms with Gasteiger partial charge in [0, 0.05) is 0 Å². The molecule has 6 unspecified atom stereocenters. The number of rotatable bonds is 6. The van der Waals surface area contributed by atoms with E-state index in [4.69, 9.17) is 4.74 Å². The Kier molecular flexibility index (Phi) is 8.21. The Morgan fingerprint density at radius 1 is 0.698 bits per heavy atom. The van der Waals surface area contributed by atoms with Crippen molar-refractivity contribution in [1.29, 1.82) is 0 Å². The summed E-state index contributed by atoms with van der Waals surface area (Å²) in [4.78, 5) is 0. The largest absolute Gasteiger partial charge is 0.457 e. The third-order valence-corrected chi connectivity index (χ3v) is 11.8. The molecule has 0 heterocycles. The van der Waals surface area contributed by atoms with Gasteiger partial charge in [-0.25, -0.2) is 0 Å². The summed E-state index contributed by atoms with van der Waals surface area (Å²) >= 11 is 0. The molecule has 228 valence electrons. The van der Waals surface area contributed by atoms with E-state index in [-0.39, 0.29) is 10.8 Å². The van der Waals surface area contributed by atoms with Gasteiger partial charge in [-0.2, -0.15) is 0 Å².